The molecule has 0 saturated heterocycles. The van der Waals surface area contributed by atoms with Crippen LogP contribution in [0.15, 0.2) is 60.7 Å². The molecule has 2 aromatic carbocycles. The van der Waals surface area contributed by atoms with Crippen molar-refractivity contribution in [3.63, 3.8) is 0 Å². The van der Waals surface area contributed by atoms with Crippen molar-refractivity contribution < 1.29 is 0 Å². The lowest BCUT2D eigenvalue weighted by Gasteiger charge is -2.61. The molecule has 34 heavy (non-hydrogen) atoms. The molecule has 0 aromatic heterocycles. The van der Waals surface area contributed by atoms with Gasteiger partial charge in [-0.25, -0.2) is 0 Å². The van der Waals surface area contributed by atoms with Crippen molar-refractivity contribution >= 4 is 159 Å². The molecule has 0 aliphatic heterocycles. The summed E-state index contributed by atoms with van der Waals surface area (Å²) >= 11 is 41.7. The van der Waals surface area contributed by atoms with Crippen molar-refractivity contribution in [3.05, 3.63) is 71.8 Å². The van der Waals surface area contributed by atoms with Crippen LogP contribution >= 0.6 is 159 Å². The summed E-state index contributed by atoms with van der Waals surface area (Å²) in [7, 11) is 0. The van der Waals surface area contributed by atoms with E-state index in [1.807, 2.05) is 0 Å². The Morgan fingerprint density at radius 1 is 0.412 bits per heavy atom. The molecule has 0 amide bonds. The number of hydrogen-bond acceptors (Lipinski definition) is 0. The molecule has 0 atom stereocenters. The van der Waals surface area contributed by atoms with Crippen molar-refractivity contribution in [2.45, 2.75) is 60.1 Å². The molecule has 0 heterocycles. The largest absolute Gasteiger partial charge is 0.132 e. The molecule has 0 radical (unpaired) electrons. The highest BCUT2D eigenvalue weighted by Crippen LogP contribution is 2.75. The second kappa shape index (κ2) is 12.0. The highest BCUT2D eigenvalue weighted by atomic mass is 79.9. The predicted molar refractivity (Wildman–Crippen MR) is 184 cm³/mol. The van der Waals surface area contributed by atoms with Gasteiger partial charge >= 0.3 is 0 Å². The van der Waals surface area contributed by atoms with Crippen molar-refractivity contribution in [2.24, 2.45) is 0 Å². The average molecular weight is 1110 g/mol. The lowest BCUT2D eigenvalue weighted by Crippen LogP contribution is -2.68. The SMILES string of the molecule is BrC1(Br)CCCCCCC(Br)(Br)C(Br)(Br)C(c2ccccc2)(c2ccccc2)C(Br)(Br)C1(Br)Br. The third kappa shape index (κ3) is 5.43. The Kier molecular flexibility index (Phi) is 11.2. The van der Waals surface area contributed by atoms with E-state index in [9.17, 15) is 0 Å². The normalized spacial score (nSPS) is 25.5. The lowest BCUT2D eigenvalue weighted by molar-refractivity contribution is 0.380. The number of rotatable bonds is 2. The summed E-state index contributed by atoms with van der Waals surface area (Å²) in [6, 6.07) is 21.2. The van der Waals surface area contributed by atoms with E-state index in [0.29, 0.717) is 0 Å². The van der Waals surface area contributed by atoms with Crippen LogP contribution in [-0.2, 0) is 5.41 Å². The van der Waals surface area contributed by atoms with Crippen LogP contribution in [-0.4, -0.2) is 16.2 Å². The molecule has 2 aromatic rings. The molecule has 188 valence electrons. The molecule has 1 aliphatic carbocycles. The van der Waals surface area contributed by atoms with Crippen molar-refractivity contribution in [3.8, 4) is 0 Å². The molecule has 1 fully saturated rings. The molecule has 3 rings (SSSR count). The molecular weight excluding hydrogens is 1090 g/mol. The summed E-state index contributed by atoms with van der Waals surface area (Å²) in [5.41, 5.74) is 1.47. The van der Waals surface area contributed by atoms with Gasteiger partial charge in [0.15, 0.2) is 0 Å². The highest BCUT2D eigenvalue weighted by Gasteiger charge is 2.75. The third-order valence-electron chi connectivity index (χ3n) is 6.40. The van der Waals surface area contributed by atoms with E-state index in [-0.39, 0.29) is 0 Å². The van der Waals surface area contributed by atoms with Gasteiger partial charge in [0.05, 0.1) is 5.41 Å². The van der Waals surface area contributed by atoms with Gasteiger partial charge in [0.1, 0.15) is 16.2 Å². The van der Waals surface area contributed by atoms with E-state index < -0.39 is 21.6 Å². The first-order valence-corrected chi connectivity index (χ1v) is 18.6. The topological polar surface area (TPSA) is 0 Å². The van der Waals surface area contributed by atoms with Crippen LogP contribution in [0.3, 0.4) is 0 Å². The molecule has 0 spiro atoms. The Balaban J connectivity index is 2.53. The molecule has 1 saturated carbocycles. The van der Waals surface area contributed by atoms with Gasteiger partial charge in [0.25, 0.3) is 0 Å². The first-order valence-electron chi connectivity index (χ1n) is 10.7. The second-order valence-corrected chi connectivity index (χ2v) is 26.4. The van der Waals surface area contributed by atoms with Crippen LogP contribution in [0.1, 0.15) is 49.7 Å². The quantitative estimate of drug-likeness (QED) is 0.263. The zero-order chi connectivity index (χ0) is 25.5. The van der Waals surface area contributed by atoms with Gasteiger partial charge in [-0.3, -0.25) is 0 Å². The summed E-state index contributed by atoms with van der Waals surface area (Å²) in [5.74, 6) is 0. The Labute approximate surface area is 287 Å². The van der Waals surface area contributed by atoms with Crippen molar-refractivity contribution in [2.75, 3.05) is 0 Å². The third-order valence-corrected chi connectivity index (χ3v) is 24.2. The molecule has 0 bridgehead atoms. The summed E-state index contributed by atoms with van der Waals surface area (Å²) < 4.78 is -3.30. The Morgan fingerprint density at radius 3 is 1.15 bits per heavy atom. The van der Waals surface area contributed by atoms with E-state index in [2.05, 4.69) is 220 Å². The molecule has 10 heteroatoms. The summed E-state index contributed by atoms with van der Waals surface area (Å²) in [6.45, 7) is 0. The summed E-state index contributed by atoms with van der Waals surface area (Å²) in [6.07, 6.45) is 6.29. The molecular formula is C24H22Br10. The minimum atomic E-state index is -0.825. The molecule has 0 nitrogen and oxygen atoms in total. The van der Waals surface area contributed by atoms with E-state index in [4.69, 9.17) is 0 Å². The van der Waals surface area contributed by atoms with Gasteiger partial charge < -0.3 is 0 Å². The summed E-state index contributed by atoms with van der Waals surface area (Å²) in [4.78, 5) is 0. The van der Waals surface area contributed by atoms with E-state index in [1.165, 1.54) is 0 Å². The van der Waals surface area contributed by atoms with Crippen LogP contribution in [0, 0.1) is 0 Å². The number of halogens is 10. The standard InChI is InChI=1S/C24H22Br10/c25-19(26)15-9-1-2-10-16-20(27,28)23(31,32)24(33,34)21(22(19,29)30,17-11-5-3-6-12-17)18-13-7-4-8-14-18/h3-8,11-14H,1-2,9-10,15-16H2. The number of alkyl halides is 10. The average Bonchev–Trinajstić information content (AvgIpc) is 2.76. The van der Waals surface area contributed by atoms with Gasteiger partial charge in [-0.1, -0.05) is 246 Å². The Bertz CT molecular complexity index is 915. The number of benzene rings is 2. The summed E-state index contributed by atoms with van der Waals surface area (Å²) in [5, 5.41) is 0. The molecule has 0 N–H and O–H groups in total. The van der Waals surface area contributed by atoms with Crippen LogP contribution < -0.4 is 0 Å². The fourth-order valence-corrected chi connectivity index (χ4v) is 14.1. The molecule has 0 unspecified atom stereocenters. The highest BCUT2D eigenvalue weighted by molar-refractivity contribution is 9.33. The second-order valence-electron chi connectivity index (χ2n) is 8.53. The minimum Gasteiger partial charge on any atom is -0.0702 e. The lowest BCUT2D eigenvalue weighted by atomic mass is 9.67. The Hall–Kier alpha value is 3.24. The molecule has 1 aliphatic rings. The first kappa shape index (κ1) is 31.8. The fourth-order valence-electron chi connectivity index (χ4n) is 4.57. The van der Waals surface area contributed by atoms with Crippen LogP contribution in [0.4, 0.5) is 0 Å². The van der Waals surface area contributed by atoms with Gasteiger partial charge in [-0.2, -0.15) is 0 Å². The van der Waals surface area contributed by atoms with Gasteiger partial charge in [0, 0.05) is 0 Å². The van der Waals surface area contributed by atoms with E-state index in [1.54, 1.807) is 0 Å². The smallest absolute Gasteiger partial charge is 0.0702 e. The van der Waals surface area contributed by atoms with Crippen molar-refractivity contribution in [1.82, 2.24) is 0 Å². The fraction of sp³-hybridized carbons (Fsp3) is 0.500. The van der Waals surface area contributed by atoms with E-state index in [0.717, 1.165) is 49.7 Å². The zero-order valence-corrected chi connectivity index (χ0v) is 33.7. The zero-order valence-electron chi connectivity index (χ0n) is 17.8. The first-order chi connectivity index (χ1) is 15.7. The predicted octanol–water partition coefficient (Wildman–Crippen LogP) is 12.8. The van der Waals surface area contributed by atoms with Crippen molar-refractivity contribution in [1.29, 1.82) is 0 Å². The van der Waals surface area contributed by atoms with Crippen LogP contribution in [0.2, 0.25) is 0 Å². The number of hydrogen-bond donors (Lipinski definition) is 0. The maximum absolute atomic E-state index is 4.27. The van der Waals surface area contributed by atoms with Crippen LogP contribution in [0.5, 0.6) is 0 Å². The monoisotopic (exact) mass is 1100 g/mol. The van der Waals surface area contributed by atoms with Gasteiger partial charge in [-0.05, 0) is 24.0 Å². The van der Waals surface area contributed by atoms with E-state index >= 15 is 0 Å². The maximum atomic E-state index is 4.27. The Morgan fingerprint density at radius 2 is 0.765 bits per heavy atom. The maximum Gasteiger partial charge on any atom is 0.132 e. The van der Waals surface area contributed by atoms with Gasteiger partial charge in [-0.15, -0.1) is 0 Å². The van der Waals surface area contributed by atoms with Gasteiger partial charge in [0.2, 0.25) is 0 Å². The van der Waals surface area contributed by atoms with Crippen LogP contribution in [0.25, 0.3) is 0 Å². The minimum absolute atomic E-state index is 0.495.